The highest BCUT2D eigenvalue weighted by Gasteiger charge is 2.36. The largest absolute Gasteiger partial charge is 0.311 e. The molecule has 1 heterocycles. The van der Waals surface area contributed by atoms with Crippen LogP contribution in [0.25, 0.3) is 0 Å². The van der Waals surface area contributed by atoms with Gasteiger partial charge in [0.05, 0.1) is 0 Å². The molecule has 0 aromatic heterocycles. The van der Waals surface area contributed by atoms with Crippen molar-refractivity contribution in [2.45, 2.75) is 52.5 Å². The van der Waals surface area contributed by atoms with Crippen molar-refractivity contribution in [3.8, 4) is 0 Å². The average molecular weight is 231 g/mol. The summed E-state index contributed by atoms with van der Waals surface area (Å²) >= 11 is 0. The predicted molar refractivity (Wildman–Crippen MR) is 74.4 cm³/mol. The molecule has 1 aliphatic heterocycles. The Kier molecular flexibility index (Phi) is 3.58. The number of nitrogens with one attached hydrogen (secondary N) is 1. The van der Waals surface area contributed by atoms with Gasteiger partial charge in [0.15, 0.2) is 0 Å². The van der Waals surface area contributed by atoms with Gasteiger partial charge in [-0.25, -0.2) is 0 Å². The molecule has 0 saturated carbocycles. The van der Waals surface area contributed by atoms with Crippen molar-refractivity contribution in [3.05, 3.63) is 34.9 Å². The Morgan fingerprint density at radius 3 is 2.35 bits per heavy atom. The fourth-order valence-electron chi connectivity index (χ4n) is 3.12. The van der Waals surface area contributed by atoms with E-state index < -0.39 is 0 Å². The summed E-state index contributed by atoms with van der Waals surface area (Å²) < 4.78 is 0. The van der Waals surface area contributed by atoms with Gasteiger partial charge in [-0.15, -0.1) is 0 Å². The van der Waals surface area contributed by atoms with Crippen LogP contribution in [0.5, 0.6) is 0 Å². The number of benzene rings is 1. The molecule has 1 aromatic rings. The van der Waals surface area contributed by atoms with E-state index in [1.54, 1.807) is 5.56 Å². The van der Waals surface area contributed by atoms with E-state index in [9.17, 15) is 0 Å². The SMILES string of the molecule is Cc1cccc(C)c1CC1(C(C)C)CCCN1. The summed E-state index contributed by atoms with van der Waals surface area (Å²) in [6, 6.07) is 6.65. The summed E-state index contributed by atoms with van der Waals surface area (Å²) in [5, 5.41) is 3.77. The van der Waals surface area contributed by atoms with Gasteiger partial charge in [-0.05, 0) is 62.3 Å². The van der Waals surface area contributed by atoms with Crippen LogP contribution in [0.4, 0.5) is 0 Å². The van der Waals surface area contributed by atoms with E-state index in [1.807, 2.05) is 0 Å². The van der Waals surface area contributed by atoms with Crippen molar-refractivity contribution in [2.24, 2.45) is 5.92 Å². The van der Waals surface area contributed by atoms with Gasteiger partial charge in [0.25, 0.3) is 0 Å². The first-order valence-corrected chi connectivity index (χ1v) is 6.85. The van der Waals surface area contributed by atoms with E-state index in [-0.39, 0.29) is 0 Å². The Morgan fingerprint density at radius 1 is 1.24 bits per heavy atom. The third-order valence-electron chi connectivity index (χ3n) is 4.52. The Bertz CT molecular complexity index is 366. The van der Waals surface area contributed by atoms with Crippen molar-refractivity contribution in [3.63, 3.8) is 0 Å². The molecule has 94 valence electrons. The van der Waals surface area contributed by atoms with Crippen molar-refractivity contribution >= 4 is 0 Å². The molecular formula is C16H25N. The first-order valence-electron chi connectivity index (χ1n) is 6.85. The molecule has 1 N–H and O–H groups in total. The fraction of sp³-hybridized carbons (Fsp3) is 0.625. The summed E-state index contributed by atoms with van der Waals surface area (Å²) in [7, 11) is 0. The lowest BCUT2D eigenvalue weighted by Gasteiger charge is -2.35. The van der Waals surface area contributed by atoms with E-state index >= 15 is 0 Å². The molecule has 0 amide bonds. The van der Waals surface area contributed by atoms with Crippen LogP contribution < -0.4 is 5.32 Å². The van der Waals surface area contributed by atoms with Crippen LogP contribution in [-0.2, 0) is 6.42 Å². The second kappa shape index (κ2) is 4.81. The van der Waals surface area contributed by atoms with Crippen molar-refractivity contribution < 1.29 is 0 Å². The maximum Gasteiger partial charge on any atom is 0.0245 e. The summed E-state index contributed by atoms with van der Waals surface area (Å²) in [6.07, 6.45) is 3.82. The zero-order valence-electron chi connectivity index (χ0n) is 11.6. The van der Waals surface area contributed by atoms with Crippen LogP contribution in [-0.4, -0.2) is 12.1 Å². The average Bonchev–Trinajstić information content (AvgIpc) is 2.73. The van der Waals surface area contributed by atoms with E-state index in [0.29, 0.717) is 11.5 Å². The summed E-state index contributed by atoms with van der Waals surface area (Å²) in [6.45, 7) is 10.4. The van der Waals surface area contributed by atoms with Crippen molar-refractivity contribution in [1.29, 1.82) is 0 Å². The lowest BCUT2D eigenvalue weighted by molar-refractivity contribution is 0.268. The quantitative estimate of drug-likeness (QED) is 0.837. The van der Waals surface area contributed by atoms with E-state index in [4.69, 9.17) is 0 Å². The highest BCUT2D eigenvalue weighted by molar-refractivity contribution is 5.35. The minimum absolute atomic E-state index is 0.330. The second-order valence-electron chi connectivity index (χ2n) is 5.89. The molecule has 0 radical (unpaired) electrons. The van der Waals surface area contributed by atoms with Crippen LogP contribution in [0.15, 0.2) is 18.2 Å². The normalized spacial score (nSPS) is 24.5. The molecule has 1 aromatic carbocycles. The second-order valence-corrected chi connectivity index (χ2v) is 5.89. The summed E-state index contributed by atoms with van der Waals surface area (Å²) in [4.78, 5) is 0. The highest BCUT2D eigenvalue weighted by Crippen LogP contribution is 2.33. The maximum atomic E-state index is 3.77. The summed E-state index contributed by atoms with van der Waals surface area (Å²) in [5.41, 5.74) is 4.77. The van der Waals surface area contributed by atoms with Gasteiger partial charge in [-0.2, -0.15) is 0 Å². The molecule has 1 unspecified atom stereocenters. The number of hydrogen-bond donors (Lipinski definition) is 1. The molecule has 1 heteroatoms. The van der Waals surface area contributed by atoms with Crippen molar-refractivity contribution in [2.75, 3.05) is 6.54 Å². The smallest absolute Gasteiger partial charge is 0.0245 e. The third kappa shape index (κ3) is 2.40. The third-order valence-corrected chi connectivity index (χ3v) is 4.52. The molecule has 0 aliphatic carbocycles. The topological polar surface area (TPSA) is 12.0 Å². The van der Waals surface area contributed by atoms with Gasteiger partial charge in [0, 0.05) is 5.54 Å². The first-order chi connectivity index (χ1) is 8.05. The molecule has 0 bridgehead atoms. The van der Waals surface area contributed by atoms with Crippen LogP contribution >= 0.6 is 0 Å². The number of rotatable bonds is 3. The lowest BCUT2D eigenvalue weighted by Crippen LogP contribution is -2.47. The summed E-state index contributed by atoms with van der Waals surface area (Å²) in [5.74, 6) is 0.698. The predicted octanol–water partition coefficient (Wildman–Crippen LogP) is 3.62. The fourth-order valence-corrected chi connectivity index (χ4v) is 3.12. The highest BCUT2D eigenvalue weighted by atomic mass is 15.0. The monoisotopic (exact) mass is 231 g/mol. The van der Waals surface area contributed by atoms with Gasteiger partial charge in [-0.1, -0.05) is 32.0 Å². The van der Waals surface area contributed by atoms with E-state index in [1.165, 1.54) is 36.9 Å². The molecule has 1 saturated heterocycles. The molecule has 1 aliphatic rings. The lowest BCUT2D eigenvalue weighted by atomic mass is 9.78. The molecular weight excluding hydrogens is 206 g/mol. The molecule has 2 rings (SSSR count). The molecule has 0 spiro atoms. The number of hydrogen-bond acceptors (Lipinski definition) is 1. The first kappa shape index (κ1) is 12.6. The minimum atomic E-state index is 0.330. The van der Waals surface area contributed by atoms with Gasteiger partial charge in [0.1, 0.15) is 0 Å². The number of aryl methyl sites for hydroxylation is 2. The van der Waals surface area contributed by atoms with Crippen molar-refractivity contribution in [1.82, 2.24) is 5.32 Å². The maximum absolute atomic E-state index is 3.77. The zero-order chi connectivity index (χ0) is 12.5. The van der Waals surface area contributed by atoms with Gasteiger partial charge in [-0.3, -0.25) is 0 Å². The van der Waals surface area contributed by atoms with Gasteiger partial charge in [0.2, 0.25) is 0 Å². The van der Waals surface area contributed by atoms with Gasteiger partial charge >= 0.3 is 0 Å². The van der Waals surface area contributed by atoms with Crippen LogP contribution in [0.2, 0.25) is 0 Å². The Hall–Kier alpha value is -0.820. The zero-order valence-corrected chi connectivity index (χ0v) is 11.6. The Labute approximate surface area is 106 Å². The van der Waals surface area contributed by atoms with Crippen LogP contribution in [0, 0.1) is 19.8 Å². The van der Waals surface area contributed by atoms with E-state index in [2.05, 4.69) is 51.2 Å². The molecule has 1 nitrogen and oxygen atoms in total. The minimum Gasteiger partial charge on any atom is -0.311 e. The molecule has 1 fully saturated rings. The standard InChI is InChI=1S/C16H25N/c1-12(2)16(9-6-10-17-16)11-15-13(3)7-5-8-14(15)4/h5,7-8,12,17H,6,9-11H2,1-4H3. The Balaban J connectivity index is 2.30. The molecule has 17 heavy (non-hydrogen) atoms. The van der Waals surface area contributed by atoms with E-state index in [0.717, 1.165) is 0 Å². The molecule has 1 atom stereocenters. The van der Waals surface area contributed by atoms with Gasteiger partial charge < -0.3 is 5.32 Å². The van der Waals surface area contributed by atoms with Crippen LogP contribution in [0.1, 0.15) is 43.4 Å². The Morgan fingerprint density at radius 2 is 1.88 bits per heavy atom. The van der Waals surface area contributed by atoms with Crippen LogP contribution in [0.3, 0.4) is 0 Å².